The van der Waals surface area contributed by atoms with Crippen LogP contribution in [0.3, 0.4) is 0 Å². The molecule has 0 spiro atoms. The van der Waals surface area contributed by atoms with Crippen LogP contribution < -0.4 is 0 Å². The number of ether oxygens (including phenoxy) is 1. The maximum atomic E-state index is 12.5. The van der Waals surface area contributed by atoms with E-state index in [0.29, 0.717) is 35.3 Å². The summed E-state index contributed by atoms with van der Waals surface area (Å²) in [5.41, 5.74) is 8.43. The predicted molar refractivity (Wildman–Crippen MR) is 130 cm³/mol. The second-order valence-corrected chi connectivity index (χ2v) is 16.2. The summed E-state index contributed by atoms with van der Waals surface area (Å²) in [6.07, 6.45) is 1.32. The number of hydrogen-bond acceptors (Lipinski definition) is 3. The lowest BCUT2D eigenvalue weighted by molar-refractivity contribution is 0.0224. The Morgan fingerprint density at radius 3 is 2.13 bits per heavy atom. The molecule has 0 saturated heterocycles. The summed E-state index contributed by atoms with van der Waals surface area (Å²) in [6.45, 7) is 20.4. The van der Waals surface area contributed by atoms with E-state index < -0.39 is 13.7 Å². The van der Waals surface area contributed by atoms with E-state index in [1.807, 2.05) is 26.8 Å². The van der Waals surface area contributed by atoms with Crippen LogP contribution in [0.1, 0.15) is 89.4 Å². The van der Waals surface area contributed by atoms with Gasteiger partial charge in [0.1, 0.15) is 13.7 Å². The number of carbonyl (C=O) groups is 2. The zero-order valence-corrected chi connectivity index (χ0v) is 21.8. The molecule has 0 unspecified atom stereocenters. The maximum absolute atomic E-state index is 12.5. The van der Waals surface area contributed by atoms with Gasteiger partial charge in [0.05, 0.1) is 0 Å². The summed E-state index contributed by atoms with van der Waals surface area (Å²) in [4.78, 5) is 26.1. The van der Waals surface area contributed by atoms with Gasteiger partial charge in [0.25, 0.3) is 0 Å². The molecule has 0 aliphatic carbocycles. The van der Waals surface area contributed by atoms with Crippen LogP contribution in [0.4, 0.5) is 4.79 Å². The van der Waals surface area contributed by atoms with Crippen LogP contribution in [0, 0.1) is 11.5 Å². The highest BCUT2D eigenvalue weighted by Gasteiger charge is 2.41. The summed E-state index contributed by atoms with van der Waals surface area (Å²) in [5.74, 6) is 3.44. The fourth-order valence-corrected chi connectivity index (χ4v) is 10.1. The van der Waals surface area contributed by atoms with E-state index >= 15 is 0 Å². The van der Waals surface area contributed by atoms with E-state index in [9.17, 15) is 9.59 Å². The Hall–Kier alpha value is -2.06. The van der Waals surface area contributed by atoms with Gasteiger partial charge in [-0.2, -0.15) is 0 Å². The van der Waals surface area contributed by atoms with Gasteiger partial charge in [0.2, 0.25) is 0 Å². The Morgan fingerprint density at radius 2 is 1.65 bits per heavy atom. The molecule has 0 radical (unpaired) electrons. The largest absolute Gasteiger partial charge is 0.444 e. The van der Waals surface area contributed by atoms with Crippen molar-refractivity contribution in [3.63, 3.8) is 0 Å². The smallest absolute Gasteiger partial charge is 0.410 e. The monoisotopic (exact) mass is 441 g/mol. The van der Waals surface area contributed by atoms with Crippen molar-refractivity contribution >= 4 is 20.5 Å². The minimum absolute atomic E-state index is 0.309. The van der Waals surface area contributed by atoms with Gasteiger partial charge in [0, 0.05) is 24.2 Å². The van der Waals surface area contributed by atoms with Crippen molar-refractivity contribution in [2.24, 2.45) is 0 Å². The molecule has 1 amide bonds. The third-order valence-corrected chi connectivity index (χ3v) is 12.7. The third kappa shape index (κ3) is 5.60. The standard InChI is InChI=1S/C26H39NO3Si/c1-18(2)31(19(3)4,20(5)6)13-11-22-14-21-10-12-27(25(29)30-26(7,8)9)16-23(21)15-24(22)17-28/h14-15,17-20H,10,12,16H2,1-9H3. The molecule has 4 nitrogen and oxygen atoms in total. The first-order chi connectivity index (χ1) is 14.3. The lowest BCUT2D eigenvalue weighted by Crippen LogP contribution is -2.43. The van der Waals surface area contributed by atoms with Crippen LogP contribution in [0.2, 0.25) is 16.6 Å². The maximum Gasteiger partial charge on any atom is 0.410 e. The zero-order valence-electron chi connectivity index (χ0n) is 20.8. The molecule has 0 atom stereocenters. The van der Waals surface area contributed by atoms with Gasteiger partial charge in [0.15, 0.2) is 6.29 Å². The Kier molecular flexibility index (Phi) is 7.81. The first-order valence-electron chi connectivity index (χ1n) is 11.4. The molecule has 1 aliphatic rings. The van der Waals surface area contributed by atoms with Crippen molar-refractivity contribution in [2.45, 2.75) is 97.5 Å². The van der Waals surface area contributed by atoms with Gasteiger partial charge in [-0.25, -0.2) is 4.79 Å². The molecular formula is C26H39NO3Si. The third-order valence-electron chi connectivity index (χ3n) is 6.44. The van der Waals surface area contributed by atoms with Gasteiger partial charge in [-0.1, -0.05) is 47.5 Å². The lowest BCUT2D eigenvalue weighted by atomic mass is 9.94. The second kappa shape index (κ2) is 9.61. The number of carbonyl (C=O) groups excluding carboxylic acids is 2. The minimum Gasteiger partial charge on any atom is -0.444 e. The second-order valence-electron chi connectivity index (χ2n) is 10.6. The first-order valence-corrected chi connectivity index (χ1v) is 13.7. The van der Waals surface area contributed by atoms with Crippen molar-refractivity contribution in [1.29, 1.82) is 0 Å². The number of fused-ring (bicyclic) bond motifs is 1. The SMILES string of the molecule is CC(C)[Si](C#Cc1cc2c(cc1C=O)CN(C(=O)OC(C)(C)C)CC2)(C(C)C)C(C)C. The summed E-state index contributed by atoms with van der Waals surface area (Å²) in [7, 11) is -1.88. The lowest BCUT2D eigenvalue weighted by Gasteiger charge is -2.38. The van der Waals surface area contributed by atoms with Crippen molar-refractivity contribution in [3.8, 4) is 11.5 Å². The van der Waals surface area contributed by atoms with E-state index in [1.165, 1.54) is 5.56 Å². The van der Waals surface area contributed by atoms with E-state index in [0.717, 1.165) is 23.8 Å². The average molecular weight is 442 g/mol. The molecular weight excluding hydrogens is 402 g/mol. The molecule has 2 rings (SSSR count). The molecule has 31 heavy (non-hydrogen) atoms. The van der Waals surface area contributed by atoms with Gasteiger partial charge in [-0.3, -0.25) is 4.79 Å². The number of rotatable bonds is 4. The Morgan fingerprint density at radius 1 is 1.06 bits per heavy atom. The summed E-state index contributed by atoms with van der Waals surface area (Å²) >= 11 is 0. The Labute approximate surface area is 189 Å². The highest BCUT2D eigenvalue weighted by molar-refractivity contribution is 6.90. The molecule has 1 aromatic rings. The summed E-state index contributed by atoms with van der Waals surface area (Å²) < 4.78 is 5.52. The van der Waals surface area contributed by atoms with Crippen LogP contribution in [0.25, 0.3) is 0 Å². The number of hydrogen-bond donors (Lipinski definition) is 0. The van der Waals surface area contributed by atoms with Crippen molar-refractivity contribution < 1.29 is 14.3 Å². The molecule has 0 aromatic heterocycles. The first kappa shape index (κ1) is 25.2. The van der Waals surface area contributed by atoms with Crippen LogP contribution in [0.15, 0.2) is 12.1 Å². The van der Waals surface area contributed by atoms with Gasteiger partial charge in [-0.15, -0.1) is 5.54 Å². The topological polar surface area (TPSA) is 46.6 Å². The highest BCUT2D eigenvalue weighted by Crippen LogP contribution is 2.40. The molecule has 1 aromatic carbocycles. The van der Waals surface area contributed by atoms with Gasteiger partial charge < -0.3 is 9.64 Å². The normalized spacial score (nSPS) is 14.4. The molecule has 0 bridgehead atoms. The van der Waals surface area contributed by atoms with Gasteiger partial charge >= 0.3 is 6.09 Å². The van der Waals surface area contributed by atoms with Crippen LogP contribution in [-0.4, -0.2) is 37.5 Å². The molecule has 5 heteroatoms. The fourth-order valence-electron chi connectivity index (χ4n) is 4.93. The predicted octanol–water partition coefficient (Wildman–Crippen LogP) is 6.36. The summed E-state index contributed by atoms with van der Waals surface area (Å²) in [5, 5.41) is 0. The number of benzene rings is 1. The molecule has 1 heterocycles. The number of amides is 1. The number of aldehydes is 1. The zero-order chi connectivity index (χ0) is 23.6. The summed E-state index contributed by atoms with van der Waals surface area (Å²) in [6, 6.07) is 3.98. The van der Waals surface area contributed by atoms with Gasteiger partial charge in [-0.05, 0) is 67.1 Å². The Bertz CT molecular complexity index is 863. The molecule has 0 fully saturated rings. The van der Waals surface area contributed by atoms with Crippen LogP contribution in [0.5, 0.6) is 0 Å². The quantitative estimate of drug-likeness (QED) is 0.310. The molecule has 0 N–H and O–H groups in total. The highest BCUT2D eigenvalue weighted by atomic mass is 28.3. The van der Waals surface area contributed by atoms with E-state index in [-0.39, 0.29) is 6.09 Å². The van der Waals surface area contributed by atoms with Crippen LogP contribution >= 0.6 is 0 Å². The van der Waals surface area contributed by atoms with Crippen molar-refractivity contribution in [1.82, 2.24) is 4.90 Å². The van der Waals surface area contributed by atoms with Crippen molar-refractivity contribution in [2.75, 3.05) is 6.54 Å². The Balaban J connectivity index is 2.41. The van der Waals surface area contributed by atoms with E-state index in [4.69, 9.17) is 4.74 Å². The molecule has 1 aliphatic heterocycles. The average Bonchev–Trinajstić information content (AvgIpc) is 2.65. The van der Waals surface area contributed by atoms with Crippen LogP contribution in [-0.2, 0) is 17.7 Å². The minimum atomic E-state index is -1.88. The molecule has 170 valence electrons. The van der Waals surface area contributed by atoms with E-state index in [2.05, 4.69) is 59.1 Å². The fraction of sp³-hybridized carbons (Fsp3) is 0.615. The van der Waals surface area contributed by atoms with E-state index in [1.54, 1.807) is 4.90 Å². The number of nitrogens with zero attached hydrogens (tertiary/aromatic N) is 1. The van der Waals surface area contributed by atoms with Crippen molar-refractivity contribution in [3.05, 3.63) is 34.4 Å². The molecule has 0 saturated carbocycles.